The lowest BCUT2D eigenvalue weighted by Gasteiger charge is -2.12. The van der Waals surface area contributed by atoms with E-state index in [1.54, 1.807) is 24.3 Å². The molecule has 3 aromatic rings. The van der Waals surface area contributed by atoms with E-state index in [1.807, 2.05) is 54.6 Å². The highest BCUT2D eigenvalue weighted by Crippen LogP contribution is 2.14. The number of carbonyl (C=O) groups is 2. The molecule has 0 atom stereocenters. The minimum absolute atomic E-state index is 0.0407. The van der Waals surface area contributed by atoms with Crippen LogP contribution in [-0.2, 0) is 17.6 Å². The van der Waals surface area contributed by atoms with Gasteiger partial charge in [-0.2, -0.15) is 0 Å². The highest BCUT2D eigenvalue weighted by Gasteiger charge is 2.10. The summed E-state index contributed by atoms with van der Waals surface area (Å²) in [5, 5.41) is 2.48. The maximum absolute atomic E-state index is 12.5. The summed E-state index contributed by atoms with van der Waals surface area (Å²) in [4.78, 5) is 24.4. The monoisotopic (exact) mass is 477 g/mol. The van der Waals surface area contributed by atoms with Gasteiger partial charge in [-0.3, -0.25) is 25.8 Å². The number of carbonyl (C=O) groups excluding carboxylic acids is 2. The van der Waals surface area contributed by atoms with Crippen molar-refractivity contribution in [3.63, 3.8) is 0 Å². The van der Waals surface area contributed by atoms with Crippen LogP contribution in [0.5, 0.6) is 11.5 Å². The number of aryl methyl sites for hydroxylation is 1. The van der Waals surface area contributed by atoms with Crippen LogP contribution in [0.25, 0.3) is 0 Å². The highest BCUT2D eigenvalue weighted by atomic mass is 32.1. The van der Waals surface area contributed by atoms with Crippen LogP contribution in [0.4, 0.5) is 0 Å². The van der Waals surface area contributed by atoms with Crippen molar-refractivity contribution in [1.29, 1.82) is 0 Å². The topological polar surface area (TPSA) is 88.7 Å². The fraction of sp³-hybridized carbons (Fsp3) is 0.192. The number of thiocarbonyl (C=S) groups is 1. The number of benzene rings is 3. The van der Waals surface area contributed by atoms with Crippen molar-refractivity contribution in [2.75, 3.05) is 13.2 Å². The summed E-state index contributed by atoms with van der Waals surface area (Å²) in [6, 6.07) is 24.3. The lowest BCUT2D eigenvalue weighted by atomic mass is 10.2. The first-order chi connectivity index (χ1) is 16.5. The SMILES string of the molecule is CCc1ccc(OCC(=O)NNC(=S)NC(=O)c2cccc(OCCc3ccccc3)c2)cc1. The molecule has 3 rings (SSSR count). The number of amides is 2. The Labute approximate surface area is 204 Å². The van der Waals surface area contributed by atoms with Crippen molar-refractivity contribution in [1.82, 2.24) is 16.2 Å². The van der Waals surface area contributed by atoms with Gasteiger partial charge in [0.15, 0.2) is 11.7 Å². The normalized spacial score (nSPS) is 10.1. The van der Waals surface area contributed by atoms with Gasteiger partial charge in [0.05, 0.1) is 6.61 Å². The zero-order valence-electron chi connectivity index (χ0n) is 18.9. The molecule has 34 heavy (non-hydrogen) atoms. The molecule has 0 bridgehead atoms. The average Bonchev–Trinajstić information content (AvgIpc) is 2.87. The molecule has 0 aliphatic heterocycles. The number of hydrogen-bond donors (Lipinski definition) is 3. The zero-order chi connectivity index (χ0) is 24.2. The summed E-state index contributed by atoms with van der Waals surface area (Å²) in [7, 11) is 0. The molecule has 8 heteroatoms. The molecule has 0 fully saturated rings. The van der Waals surface area contributed by atoms with Crippen molar-refractivity contribution in [2.24, 2.45) is 0 Å². The molecule has 3 aromatic carbocycles. The molecular formula is C26H27N3O4S. The quantitative estimate of drug-likeness (QED) is 0.323. The lowest BCUT2D eigenvalue weighted by Crippen LogP contribution is -2.49. The van der Waals surface area contributed by atoms with E-state index in [1.165, 1.54) is 11.1 Å². The van der Waals surface area contributed by atoms with E-state index < -0.39 is 11.8 Å². The molecule has 0 aliphatic carbocycles. The molecule has 0 saturated heterocycles. The van der Waals surface area contributed by atoms with E-state index in [0.717, 1.165) is 12.8 Å². The summed E-state index contributed by atoms with van der Waals surface area (Å²) in [5.41, 5.74) is 7.63. The molecule has 2 amide bonds. The predicted molar refractivity (Wildman–Crippen MR) is 135 cm³/mol. The van der Waals surface area contributed by atoms with Crippen molar-refractivity contribution >= 4 is 29.1 Å². The fourth-order valence-corrected chi connectivity index (χ4v) is 3.14. The molecular weight excluding hydrogens is 450 g/mol. The van der Waals surface area contributed by atoms with Gasteiger partial charge >= 0.3 is 0 Å². The second-order valence-corrected chi connectivity index (χ2v) is 7.76. The summed E-state index contributed by atoms with van der Waals surface area (Å²) < 4.78 is 11.2. The Bertz CT molecular complexity index is 1100. The van der Waals surface area contributed by atoms with Crippen LogP contribution in [-0.4, -0.2) is 30.1 Å². The van der Waals surface area contributed by atoms with Gasteiger partial charge in [-0.25, -0.2) is 0 Å². The van der Waals surface area contributed by atoms with Crippen molar-refractivity contribution < 1.29 is 19.1 Å². The number of ether oxygens (including phenoxy) is 2. The molecule has 0 unspecified atom stereocenters. The Balaban J connectivity index is 1.39. The Morgan fingerprint density at radius 3 is 2.32 bits per heavy atom. The number of rotatable bonds is 9. The van der Waals surface area contributed by atoms with E-state index in [9.17, 15) is 9.59 Å². The molecule has 0 aromatic heterocycles. The van der Waals surface area contributed by atoms with Gasteiger partial charge in [-0.15, -0.1) is 0 Å². The van der Waals surface area contributed by atoms with Crippen molar-refractivity contribution in [2.45, 2.75) is 19.8 Å². The minimum atomic E-state index is -0.440. The maximum atomic E-state index is 12.5. The Morgan fingerprint density at radius 1 is 0.824 bits per heavy atom. The summed E-state index contributed by atoms with van der Waals surface area (Å²) in [6.45, 7) is 2.36. The largest absolute Gasteiger partial charge is 0.493 e. The lowest BCUT2D eigenvalue weighted by molar-refractivity contribution is -0.123. The average molecular weight is 478 g/mol. The number of hydrogen-bond acceptors (Lipinski definition) is 5. The summed E-state index contributed by atoms with van der Waals surface area (Å²) in [5.74, 6) is 0.312. The van der Waals surface area contributed by atoms with Gasteiger partial charge in [0.2, 0.25) is 0 Å². The second-order valence-electron chi connectivity index (χ2n) is 7.35. The third kappa shape index (κ3) is 8.22. The van der Waals surface area contributed by atoms with Crippen LogP contribution in [0.3, 0.4) is 0 Å². The first-order valence-corrected chi connectivity index (χ1v) is 11.3. The van der Waals surface area contributed by atoms with Gasteiger partial charge < -0.3 is 9.47 Å². The Kier molecular flexibility index (Phi) is 9.42. The minimum Gasteiger partial charge on any atom is -0.493 e. The maximum Gasteiger partial charge on any atom is 0.276 e. The fourth-order valence-electron chi connectivity index (χ4n) is 3.00. The van der Waals surface area contributed by atoms with Gasteiger partial charge in [0, 0.05) is 12.0 Å². The van der Waals surface area contributed by atoms with Gasteiger partial charge in [0.25, 0.3) is 11.8 Å². The van der Waals surface area contributed by atoms with Crippen molar-refractivity contribution in [3.8, 4) is 11.5 Å². The summed E-state index contributed by atoms with van der Waals surface area (Å²) >= 11 is 5.08. The standard InChI is InChI=1S/C26H27N3O4S/c1-2-19-11-13-22(14-12-19)33-18-24(30)28-29-26(34)27-25(31)21-9-6-10-23(17-21)32-16-15-20-7-4-3-5-8-20/h3-14,17H,2,15-16,18H2,1H3,(H,28,30)(H2,27,29,31,34). The molecule has 7 nitrogen and oxygen atoms in total. The molecule has 3 N–H and O–H groups in total. The first-order valence-electron chi connectivity index (χ1n) is 10.9. The van der Waals surface area contributed by atoms with Crippen LogP contribution in [0, 0.1) is 0 Å². The Morgan fingerprint density at radius 2 is 1.59 bits per heavy atom. The van der Waals surface area contributed by atoms with Crippen LogP contribution in [0.15, 0.2) is 78.9 Å². The third-order valence-corrected chi connectivity index (χ3v) is 5.05. The number of hydrazine groups is 1. The molecule has 0 heterocycles. The van der Waals surface area contributed by atoms with Crippen molar-refractivity contribution in [3.05, 3.63) is 95.6 Å². The van der Waals surface area contributed by atoms with E-state index in [-0.39, 0.29) is 11.7 Å². The first kappa shape index (κ1) is 24.7. The molecule has 176 valence electrons. The van der Waals surface area contributed by atoms with Crippen LogP contribution in [0.1, 0.15) is 28.4 Å². The zero-order valence-corrected chi connectivity index (χ0v) is 19.7. The second kappa shape index (κ2) is 13.0. The van der Waals surface area contributed by atoms with E-state index in [0.29, 0.717) is 23.7 Å². The van der Waals surface area contributed by atoms with Gasteiger partial charge in [-0.05, 0) is 60.1 Å². The van der Waals surface area contributed by atoms with E-state index >= 15 is 0 Å². The predicted octanol–water partition coefficient (Wildman–Crippen LogP) is 3.59. The van der Waals surface area contributed by atoms with Crippen LogP contribution < -0.4 is 25.6 Å². The summed E-state index contributed by atoms with van der Waals surface area (Å²) in [6.07, 6.45) is 1.69. The molecule has 0 radical (unpaired) electrons. The molecule has 0 saturated carbocycles. The van der Waals surface area contributed by atoms with Crippen LogP contribution in [0.2, 0.25) is 0 Å². The van der Waals surface area contributed by atoms with E-state index in [2.05, 4.69) is 23.1 Å². The number of nitrogens with one attached hydrogen (secondary N) is 3. The van der Waals surface area contributed by atoms with E-state index in [4.69, 9.17) is 21.7 Å². The third-order valence-electron chi connectivity index (χ3n) is 4.84. The molecule has 0 spiro atoms. The highest BCUT2D eigenvalue weighted by molar-refractivity contribution is 7.80. The van der Waals surface area contributed by atoms with Crippen LogP contribution >= 0.6 is 12.2 Å². The molecule has 0 aliphatic rings. The van der Waals surface area contributed by atoms with Gasteiger partial charge in [0.1, 0.15) is 11.5 Å². The van der Waals surface area contributed by atoms with Gasteiger partial charge in [-0.1, -0.05) is 55.5 Å². The smallest absolute Gasteiger partial charge is 0.276 e. The Hall–Kier alpha value is -3.91.